The first kappa shape index (κ1) is 17.1. The summed E-state index contributed by atoms with van der Waals surface area (Å²) in [6.07, 6.45) is 0.430. The Bertz CT molecular complexity index is 599. The Morgan fingerprint density at radius 3 is 2.70 bits per heavy atom. The summed E-state index contributed by atoms with van der Waals surface area (Å²) in [5.74, 6) is -0.0996. The third-order valence-corrected chi connectivity index (χ3v) is 4.03. The highest BCUT2D eigenvalue weighted by Gasteiger charge is 2.43. The Kier molecular flexibility index (Phi) is 5.13. The van der Waals surface area contributed by atoms with Gasteiger partial charge in [-0.25, -0.2) is 9.59 Å². The van der Waals surface area contributed by atoms with Crippen LogP contribution in [0, 0.1) is 5.92 Å². The third-order valence-electron chi connectivity index (χ3n) is 4.03. The summed E-state index contributed by atoms with van der Waals surface area (Å²) in [5, 5.41) is 12.2. The van der Waals surface area contributed by atoms with Gasteiger partial charge in [0.25, 0.3) is 0 Å². The fourth-order valence-corrected chi connectivity index (χ4v) is 2.71. The summed E-state index contributed by atoms with van der Waals surface area (Å²) >= 11 is 0. The molecule has 1 amide bonds. The highest BCUT2D eigenvalue weighted by atomic mass is 16.5. The molecule has 6 nitrogen and oxygen atoms in total. The highest BCUT2D eigenvalue weighted by Crippen LogP contribution is 2.31. The molecule has 1 aliphatic rings. The Hall–Kier alpha value is -2.24. The van der Waals surface area contributed by atoms with Crippen molar-refractivity contribution in [2.45, 2.75) is 38.6 Å². The number of carboxylic acids is 1. The summed E-state index contributed by atoms with van der Waals surface area (Å²) in [4.78, 5) is 23.7. The zero-order valence-corrected chi connectivity index (χ0v) is 13.7. The first-order chi connectivity index (χ1) is 10.9. The maximum atomic E-state index is 11.9. The molecule has 1 aromatic carbocycles. The van der Waals surface area contributed by atoms with E-state index in [2.05, 4.69) is 5.32 Å². The van der Waals surface area contributed by atoms with Crippen LogP contribution in [0.1, 0.15) is 31.4 Å². The van der Waals surface area contributed by atoms with E-state index in [4.69, 9.17) is 9.47 Å². The normalized spacial score (nSPS) is 19.8. The molecule has 23 heavy (non-hydrogen) atoms. The number of amides is 1. The number of benzene rings is 1. The van der Waals surface area contributed by atoms with Crippen LogP contribution in [0.5, 0.6) is 5.75 Å². The number of hydrogen-bond acceptors (Lipinski definition) is 4. The summed E-state index contributed by atoms with van der Waals surface area (Å²) in [6.45, 7) is 4.10. The van der Waals surface area contributed by atoms with Crippen molar-refractivity contribution in [3.8, 4) is 5.75 Å². The standard InChI is InChI=1S/C17H23NO5/c1-11(2)10-23-16(21)18-17(15(19)20)7-6-12-8-14(22-3)5-4-13(12)9-17/h4-5,8,11H,6-7,9-10H2,1-3H3,(H,18,21)(H,19,20). The van der Waals surface area contributed by atoms with Crippen LogP contribution >= 0.6 is 0 Å². The second-order valence-corrected chi connectivity index (χ2v) is 6.32. The van der Waals surface area contributed by atoms with Gasteiger partial charge in [-0.2, -0.15) is 0 Å². The predicted octanol–water partition coefficient (Wildman–Crippen LogP) is 2.39. The van der Waals surface area contributed by atoms with Crippen LogP contribution < -0.4 is 10.1 Å². The van der Waals surface area contributed by atoms with Gasteiger partial charge in [0.2, 0.25) is 0 Å². The first-order valence-corrected chi connectivity index (χ1v) is 7.70. The molecule has 0 aliphatic heterocycles. The number of aliphatic carboxylic acids is 1. The van der Waals surface area contributed by atoms with Gasteiger partial charge in [-0.15, -0.1) is 0 Å². The molecule has 1 aromatic rings. The van der Waals surface area contributed by atoms with Gasteiger partial charge < -0.3 is 19.9 Å². The average Bonchev–Trinajstić information content (AvgIpc) is 2.52. The van der Waals surface area contributed by atoms with E-state index in [1.54, 1.807) is 13.2 Å². The zero-order valence-electron chi connectivity index (χ0n) is 13.7. The zero-order chi connectivity index (χ0) is 17.0. The molecular weight excluding hydrogens is 298 g/mol. The fourth-order valence-electron chi connectivity index (χ4n) is 2.71. The molecule has 0 fully saturated rings. The summed E-state index contributed by atoms with van der Waals surface area (Å²) in [6, 6.07) is 5.57. The summed E-state index contributed by atoms with van der Waals surface area (Å²) in [5.41, 5.74) is 0.637. The smallest absolute Gasteiger partial charge is 0.408 e. The van der Waals surface area contributed by atoms with Gasteiger partial charge in [0.05, 0.1) is 13.7 Å². The SMILES string of the molecule is COc1ccc2c(c1)CCC(NC(=O)OCC(C)C)(C(=O)O)C2. The quantitative estimate of drug-likeness (QED) is 0.870. The van der Waals surface area contributed by atoms with Gasteiger partial charge in [-0.3, -0.25) is 0 Å². The third kappa shape index (κ3) is 3.94. The van der Waals surface area contributed by atoms with E-state index >= 15 is 0 Å². The second-order valence-electron chi connectivity index (χ2n) is 6.32. The van der Waals surface area contributed by atoms with E-state index in [1.807, 2.05) is 26.0 Å². The van der Waals surface area contributed by atoms with Crippen molar-refractivity contribution in [1.29, 1.82) is 0 Å². The van der Waals surface area contributed by atoms with Crippen LogP contribution in [-0.2, 0) is 22.4 Å². The van der Waals surface area contributed by atoms with Crippen molar-refractivity contribution < 1.29 is 24.2 Å². The van der Waals surface area contributed by atoms with Gasteiger partial charge in [-0.05, 0) is 42.0 Å². The minimum absolute atomic E-state index is 0.195. The second kappa shape index (κ2) is 6.89. The molecule has 6 heteroatoms. The fraction of sp³-hybridized carbons (Fsp3) is 0.529. The number of carbonyl (C=O) groups is 2. The minimum atomic E-state index is -1.32. The van der Waals surface area contributed by atoms with Crippen LogP contribution in [0.2, 0.25) is 0 Å². The molecule has 2 N–H and O–H groups in total. The summed E-state index contributed by atoms with van der Waals surface area (Å²) in [7, 11) is 1.60. The first-order valence-electron chi connectivity index (χ1n) is 7.70. The molecule has 126 valence electrons. The van der Waals surface area contributed by atoms with Gasteiger partial charge in [0, 0.05) is 6.42 Å². The largest absolute Gasteiger partial charge is 0.497 e. The molecule has 2 rings (SSSR count). The monoisotopic (exact) mass is 321 g/mol. The lowest BCUT2D eigenvalue weighted by molar-refractivity contribution is -0.145. The average molecular weight is 321 g/mol. The molecule has 1 atom stereocenters. The van der Waals surface area contributed by atoms with E-state index in [-0.39, 0.29) is 18.9 Å². The van der Waals surface area contributed by atoms with Crippen LogP contribution in [0.3, 0.4) is 0 Å². The van der Waals surface area contributed by atoms with E-state index in [0.717, 1.165) is 16.9 Å². The molecule has 0 saturated heterocycles. The number of fused-ring (bicyclic) bond motifs is 1. The Balaban J connectivity index is 2.16. The Morgan fingerprint density at radius 2 is 2.09 bits per heavy atom. The van der Waals surface area contributed by atoms with Crippen molar-refractivity contribution in [2.75, 3.05) is 13.7 Å². The van der Waals surface area contributed by atoms with E-state index in [1.165, 1.54) is 0 Å². The van der Waals surface area contributed by atoms with Crippen LogP contribution in [0.4, 0.5) is 4.79 Å². The number of hydrogen-bond donors (Lipinski definition) is 2. The van der Waals surface area contributed by atoms with Crippen molar-refractivity contribution >= 4 is 12.1 Å². The maximum absolute atomic E-state index is 11.9. The van der Waals surface area contributed by atoms with Crippen molar-refractivity contribution in [2.24, 2.45) is 5.92 Å². The number of methoxy groups -OCH3 is 1. The number of rotatable bonds is 5. The molecule has 0 aromatic heterocycles. The lowest BCUT2D eigenvalue weighted by Crippen LogP contribution is -2.58. The van der Waals surface area contributed by atoms with Crippen molar-refractivity contribution in [1.82, 2.24) is 5.32 Å². The molecule has 0 radical (unpaired) electrons. The molecule has 0 bridgehead atoms. The van der Waals surface area contributed by atoms with Gasteiger partial charge in [0.15, 0.2) is 0 Å². The topological polar surface area (TPSA) is 84.9 Å². The van der Waals surface area contributed by atoms with E-state index < -0.39 is 17.6 Å². The predicted molar refractivity (Wildman–Crippen MR) is 84.7 cm³/mol. The van der Waals surface area contributed by atoms with Crippen LogP contribution in [-0.4, -0.2) is 36.4 Å². The van der Waals surface area contributed by atoms with Crippen molar-refractivity contribution in [3.05, 3.63) is 29.3 Å². The molecule has 0 heterocycles. The van der Waals surface area contributed by atoms with Gasteiger partial charge in [0.1, 0.15) is 11.3 Å². The number of alkyl carbamates (subject to hydrolysis) is 1. The van der Waals surface area contributed by atoms with Crippen molar-refractivity contribution in [3.63, 3.8) is 0 Å². The van der Waals surface area contributed by atoms with E-state index in [0.29, 0.717) is 12.8 Å². The molecular formula is C17H23NO5. The lowest BCUT2D eigenvalue weighted by Gasteiger charge is -2.35. The molecule has 1 unspecified atom stereocenters. The highest BCUT2D eigenvalue weighted by molar-refractivity contribution is 5.85. The minimum Gasteiger partial charge on any atom is -0.497 e. The number of ether oxygens (including phenoxy) is 2. The number of aryl methyl sites for hydroxylation is 1. The Morgan fingerprint density at radius 1 is 1.35 bits per heavy atom. The van der Waals surface area contributed by atoms with Gasteiger partial charge in [-0.1, -0.05) is 19.9 Å². The van der Waals surface area contributed by atoms with Crippen LogP contribution in [0.15, 0.2) is 18.2 Å². The lowest BCUT2D eigenvalue weighted by atomic mass is 9.78. The van der Waals surface area contributed by atoms with Gasteiger partial charge >= 0.3 is 12.1 Å². The number of carbonyl (C=O) groups excluding carboxylic acids is 1. The molecule has 0 spiro atoms. The number of carboxylic acid groups (broad SMARTS) is 1. The molecule has 0 saturated carbocycles. The van der Waals surface area contributed by atoms with E-state index in [9.17, 15) is 14.7 Å². The Labute approximate surface area is 135 Å². The molecule has 1 aliphatic carbocycles. The number of nitrogens with one attached hydrogen (secondary N) is 1. The van der Waals surface area contributed by atoms with Crippen LogP contribution in [0.25, 0.3) is 0 Å². The maximum Gasteiger partial charge on any atom is 0.408 e. The summed E-state index contributed by atoms with van der Waals surface area (Å²) < 4.78 is 10.3.